The van der Waals surface area contributed by atoms with Gasteiger partial charge in [0, 0.05) is 65.8 Å². The minimum Gasteiger partial charge on any atom is -0.310 e. The normalized spacial score (nSPS) is 12.7. The molecule has 0 amide bonds. The van der Waals surface area contributed by atoms with Gasteiger partial charge in [-0.05, 0) is 184 Å². The van der Waals surface area contributed by atoms with Crippen molar-refractivity contribution in [2.75, 3.05) is 9.80 Å². The van der Waals surface area contributed by atoms with Crippen molar-refractivity contribution in [2.45, 2.75) is 108 Å². The van der Waals surface area contributed by atoms with Crippen LogP contribution in [0.1, 0.15) is 97.2 Å². The van der Waals surface area contributed by atoms with Gasteiger partial charge in [0.1, 0.15) is 0 Å². The third-order valence-corrected chi connectivity index (χ3v) is 17.0. The lowest BCUT2D eigenvalue weighted by atomic mass is 9.85. The predicted octanol–water partition coefficient (Wildman–Crippen LogP) is 20.0. The van der Waals surface area contributed by atoms with Crippen LogP contribution in [0.2, 0.25) is 0 Å². The van der Waals surface area contributed by atoms with Gasteiger partial charge in [0.2, 0.25) is 0 Å². The van der Waals surface area contributed by atoms with E-state index in [1.807, 2.05) is 0 Å². The fraction of sp³-hybridized carbons (Fsp3) is 0.229. The van der Waals surface area contributed by atoms with Gasteiger partial charge in [-0.1, -0.05) is 125 Å². The van der Waals surface area contributed by atoms with Crippen LogP contribution < -0.4 is 9.80 Å². The average molecular weight is 963 g/mol. The van der Waals surface area contributed by atoms with Crippen molar-refractivity contribution in [2.24, 2.45) is 0 Å². The zero-order valence-corrected chi connectivity index (χ0v) is 45.6. The van der Waals surface area contributed by atoms with Crippen molar-refractivity contribution in [3.63, 3.8) is 0 Å². The molecule has 0 aliphatic carbocycles. The van der Waals surface area contributed by atoms with Gasteiger partial charge in [0.15, 0.2) is 0 Å². The molecule has 0 radical (unpaired) electrons. The molecule has 0 fully saturated rings. The minimum absolute atomic E-state index is 0.116. The first-order chi connectivity index (χ1) is 35.3. The Morgan fingerprint density at radius 2 is 0.676 bits per heavy atom. The van der Waals surface area contributed by atoms with Crippen LogP contribution in [0.4, 0.5) is 34.1 Å². The molecule has 9 aromatic carbocycles. The minimum atomic E-state index is -0.116. The van der Waals surface area contributed by atoms with Gasteiger partial charge >= 0.3 is 0 Å². The number of fused-ring (bicyclic) bond motifs is 12. The second-order valence-corrected chi connectivity index (χ2v) is 23.9. The lowest BCUT2D eigenvalue weighted by molar-refractivity contribution is 0.594. The van der Waals surface area contributed by atoms with Gasteiger partial charge in [-0.15, -0.1) is 0 Å². The van der Waals surface area contributed by atoms with Crippen molar-refractivity contribution >= 4 is 110 Å². The number of aromatic nitrogens is 2. The zero-order valence-electron chi connectivity index (χ0n) is 45.6. The summed E-state index contributed by atoms with van der Waals surface area (Å²) in [4.78, 5) is 5.02. The SMILES string of the molecule is Cc1ccc(N(c2cc(C)c(C)c(C)c2)c2ccc3c4cc5c(cc4n4c6c(C(C)(C)C)cccc6c2c34)c2ccc(N(c3ccc(C)cc3)c3cc(C)c(C)c(C)c3)c3c4cccc(C(C)(C)C)c4n5c23)cc1. The maximum Gasteiger partial charge on any atom is 0.0641 e. The molecule has 0 spiro atoms. The highest BCUT2D eigenvalue weighted by molar-refractivity contribution is 6.32. The van der Waals surface area contributed by atoms with Gasteiger partial charge in [-0.2, -0.15) is 0 Å². The Morgan fingerprint density at radius 1 is 0.324 bits per heavy atom. The summed E-state index contributed by atoms with van der Waals surface area (Å²) in [5.41, 5.74) is 27.5. The third-order valence-electron chi connectivity index (χ3n) is 17.0. The molecule has 0 unspecified atom stereocenters. The second-order valence-electron chi connectivity index (χ2n) is 23.9. The van der Waals surface area contributed by atoms with Crippen LogP contribution in [0.15, 0.2) is 146 Å². The number of hydrogen-bond acceptors (Lipinski definition) is 2. The Bertz CT molecular complexity index is 4110. The molecule has 0 saturated heterocycles. The van der Waals surface area contributed by atoms with E-state index in [9.17, 15) is 0 Å². The molecule has 74 heavy (non-hydrogen) atoms. The van der Waals surface area contributed by atoms with E-state index in [4.69, 9.17) is 0 Å². The Labute approximate surface area is 435 Å². The topological polar surface area (TPSA) is 15.3 Å². The van der Waals surface area contributed by atoms with Crippen LogP contribution in [0.5, 0.6) is 0 Å². The summed E-state index contributed by atoms with van der Waals surface area (Å²) in [6.45, 7) is 32.0. The molecule has 0 aliphatic rings. The lowest BCUT2D eigenvalue weighted by Gasteiger charge is -2.28. The van der Waals surface area contributed by atoms with Crippen molar-refractivity contribution in [3.05, 3.63) is 201 Å². The van der Waals surface area contributed by atoms with Crippen LogP contribution in [0, 0.1) is 55.4 Å². The van der Waals surface area contributed by atoms with Crippen LogP contribution in [-0.2, 0) is 10.8 Å². The van der Waals surface area contributed by atoms with E-state index in [1.54, 1.807) is 0 Å². The van der Waals surface area contributed by atoms with E-state index in [0.29, 0.717) is 0 Å². The molecular formula is C70H66N4. The van der Waals surface area contributed by atoms with Crippen LogP contribution >= 0.6 is 0 Å². The highest BCUT2D eigenvalue weighted by Crippen LogP contribution is 2.53. The second kappa shape index (κ2) is 15.8. The molecule has 4 nitrogen and oxygen atoms in total. The summed E-state index contributed by atoms with van der Waals surface area (Å²) in [6.07, 6.45) is 0. The summed E-state index contributed by atoms with van der Waals surface area (Å²) in [7, 11) is 0. The number of hydrogen-bond donors (Lipinski definition) is 0. The third kappa shape index (κ3) is 6.52. The lowest BCUT2D eigenvalue weighted by Crippen LogP contribution is -2.12. The summed E-state index contributed by atoms with van der Waals surface area (Å²) in [6, 6.07) is 56.5. The van der Waals surface area contributed by atoms with Gasteiger partial charge in [-0.3, -0.25) is 0 Å². The largest absolute Gasteiger partial charge is 0.310 e. The first kappa shape index (κ1) is 46.0. The number of anilines is 6. The molecule has 13 rings (SSSR count). The predicted molar refractivity (Wildman–Crippen MR) is 320 cm³/mol. The van der Waals surface area contributed by atoms with Crippen molar-refractivity contribution in [1.29, 1.82) is 0 Å². The smallest absolute Gasteiger partial charge is 0.0641 e. The van der Waals surface area contributed by atoms with E-state index in [-0.39, 0.29) is 10.8 Å². The van der Waals surface area contributed by atoms with E-state index < -0.39 is 0 Å². The Kier molecular flexibility index (Phi) is 9.85. The summed E-state index contributed by atoms with van der Waals surface area (Å²) in [5, 5.41) is 10.2. The standard InChI is InChI=1S/C70H66N4/c1-39-21-25-47(26-22-39)71(49-33-41(3)45(7)42(4)34-49)59-31-29-51-55-37-62-56(38-61(55)73-65-53(63(59)67(51)73)17-15-19-57(65)69(9,10)11)52-30-32-60(64-54-18-16-20-58(70(12,13)14)66(54)74(62)68(52)64)72(48-27-23-40(2)24-28-48)50-35-43(5)46(8)44(6)36-50/h15-38H,1-14H3. The molecule has 4 heterocycles. The van der Waals surface area contributed by atoms with E-state index in [0.717, 1.165) is 11.4 Å². The molecule has 4 aromatic heterocycles. The molecule has 0 N–H and O–H groups in total. The Morgan fingerprint density at radius 3 is 1.01 bits per heavy atom. The monoisotopic (exact) mass is 963 g/mol. The van der Waals surface area contributed by atoms with Gasteiger partial charge in [-0.25, -0.2) is 0 Å². The number of rotatable bonds is 6. The number of nitrogens with zero attached hydrogens (tertiary/aromatic N) is 4. The maximum atomic E-state index is 2.65. The van der Waals surface area contributed by atoms with E-state index >= 15 is 0 Å². The summed E-state index contributed by atoms with van der Waals surface area (Å²) < 4.78 is 5.30. The summed E-state index contributed by atoms with van der Waals surface area (Å²) in [5.74, 6) is 0. The average Bonchev–Trinajstić information content (AvgIpc) is 4.10. The molecule has 0 saturated carbocycles. The fourth-order valence-electron chi connectivity index (χ4n) is 12.8. The number of aryl methyl sites for hydroxylation is 6. The van der Waals surface area contributed by atoms with Crippen LogP contribution in [0.3, 0.4) is 0 Å². The molecule has 4 heteroatoms. The fourth-order valence-corrected chi connectivity index (χ4v) is 12.8. The van der Waals surface area contributed by atoms with E-state index in [2.05, 4.69) is 261 Å². The van der Waals surface area contributed by atoms with Crippen molar-refractivity contribution < 1.29 is 0 Å². The zero-order chi connectivity index (χ0) is 51.6. The quantitative estimate of drug-likeness (QED) is 0.165. The molecule has 366 valence electrons. The summed E-state index contributed by atoms with van der Waals surface area (Å²) >= 11 is 0. The molecule has 0 atom stereocenters. The molecule has 0 bridgehead atoms. The van der Waals surface area contributed by atoms with Crippen molar-refractivity contribution in [3.8, 4) is 0 Å². The van der Waals surface area contributed by atoms with Crippen LogP contribution in [0.25, 0.3) is 76.2 Å². The highest BCUT2D eigenvalue weighted by atomic mass is 15.2. The maximum absolute atomic E-state index is 2.65. The van der Waals surface area contributed by atoms with Gasteiger partial charge in [0.05, 0.1) is 44.5 Å². The first-order valence-corrected chi connectivity index (χ1v) is 26.6. The molecular weight excluding hydrogens is 897 g/mol. The van der Waals surface area contributed by atoms with Gasteiger partial charge < -0.3 is 18.6 Å². The highest BCUT2D eigenvalue weighted by Gasteiger charge is 2.32. The number of benzene rings is 9. The van der Waals surface area contributed by atoms with Crippen LogP contribution in [-0.4, -0.2) is 8.80 Å². The Balaban J connectivity index is 1.18. The van der Waals surface area contributed by atoms with Crippen molar-refractivity contribution in [1.82, 2.24) is 8.80 Å². The Hall–Kier alpha value is -7.82. The molecule has 0 aliphatic heterocycles. The first-order valence-electron chi connectivity index (χ1n) is 26.6. The van der Waals surface area contributed by atoms with E-state index in [1.165, 1.54) is 155 Å². The number of para-hydroxylation sites is 2. The molecule has 13 aromatic rings. The van der Waals surface area contributed by atoms with Gasteiger partial charge in [0.25, 0.3) is 0 Å².